The van der Waals surface area contributed by atoms with Crippen molar-refractivity contribution in [2.24, 2.45) is 0 Å². The smallest absolute Gasteiger partial charge is 0.236 e. The van der Waals surface area contributed by atoms with Gasteiger partial charge in [-0.25, -0.2) is 4.98 Å². The summed E-state index contributed by atoms with van der Waals surface area (Å²) in [5.41, 5.74) is 2.76. The van der Waals surface area contributed by atoms with E-state index in [-0.39, 0.29) is 5.91 Å². The second-order valence-electron chi connectivity index (χ2n) is 4.54. The van der Waals surface area contributed by atoms with E-state index in [1.807, 2.05) is 61.5 Å². The number of benzene rings is 2. The fourth-order valence-corrected chi connectivity index (χ4v) is 2.31. The Labute approximate surface area is 111 Å². The molecule has 1 heterocycles. The minimum atomic E-state index is 0.0531. The van der Waals surface area contributed by atoms with Crippen molar-refractivity contribution in [1.82, 2.24) is 9.55 Å². The molecule has 94 valence electrons. The maximum Gasteiger partial charge on any atom is 0.236 e. The van der Waals surface area contributed by atoms with Gasteiger partial charge in [-0.05, 0) is 24.6 Å². The zero-order valence-electron chi connectivity index (χ0n) is 10.7. The number of hydrogen-bond donors (Lipinski definition) is 0. The van der Waals surface area contributed by atoms with Crippen LogP contribution >= 0.6 is 0 Å². The van der Waals surface area contributed by atoms with Crippen LogP contribution in [0.5, 0.6) is 0 Å². The summed E-state index contributed by atoms with van der Waals surface area (Å²) in [6.45, 7) is 1.86. The number of aryl methyl sites for hydroxylation is 1. The number of nitrogens with zero attached hydrogens (tertiary/aromatic N) is 2. The van der Waals surface area contributed by atoms with E-state index < -0.39 is 0 Å². The van der Waals surface area contributed by atoms with Crippen LogP contribution in [0.15, 0.2) is 54.6 Å². The molecule has 0 amide bonds. The summed E-state index contributed by atoms with van der Waals surface area (Å²) in [6.07, 6.45) is 0.391. The van der Waals surface area contributed by atoms with Gasteiger partial charge in [0.05, 0.1) is 17.5 Å². The third kappa shape index (κ3) is 2.15. The molecule has 0 unspecified atom stereocenters. The average Bonchev–Trinajstić information content (AvgIpc) is 2.75. The normalized spacial score (nSPS) is 10.8. The van der Waals surface area contributed by atoms with Gasteiger partial charge in [0, 0.05) is 0 Å². The highest BCUT2D eigenvalue weighted by Gasteiger charge is 2.13. The van der Waals surface area contributed by atoms with Crippen LogP contribution < -0.4 is 0 Å². The summed E-state index contributed by atoms with van der Waals surface area (Å²) in [5, 5.41) is 0. The second-order valence-corrected chi connectivity index (χ2v) is 4.54. The lowest BCUT2D eigenvalue weighted by Crippen LogP contribution is -2.14. The van der Waals surface area contributed by atoms with Gasteiger partial charge < -0.3 is 0 Å². The van der Waals surface area contributed by atoms with Crippen LogP contribution in [0.1, 0.15) is 16.2 Å². The summed E-state index contributed by atoms with van der Waals surface area (Å²) in [5.74, 6) is 0.791. The molecule has 19 heavy (non-hydrogen) atoms. The molecule has 3 rings (SSSR count). The van der Waals surface area contributed by atoms with E-state index >= 15 is 0 Å². The number of carbonyl (C=O) groups excluding carboxylic acids is 1. The molecule has 1 aromatic heterocycles. The van der Waals surface area contributed by atoms with Crippen LogP contribution in [0.25, 0.3) is 11.0 Å². The third-order valence-electron chi connectivity index (χ3n) is 3.18. The lowest BCUT2D eigenvalue weighted by atomic mass is 10.1. The standard InChI is InChI=1S/C16H14N2O/c1-12-17-14-9-5-6-10-15(14)18(12)16(19)11-13-7-3-2-4-8-13/h2-10H,11H2,1H3. The number of para-hydroxylation sites is 2. The third-order valence-corrected chi connectivity index (χ3v) is 3.18. The van der Waals surface area contributed by atoms with Gasteiger partial charge in [0.1, 0.15) is 5.82 Å². The summed E-state index contributed by atoms with van der Waals surface area (Å²) in [4.78, 5) is 16.9. The van der Waals surface area contributed by atoms with Gasteiger partial charge in [-0.3, -0.25) is 9.36 Å². The number of aromatic nitrogens is 2. The molecular weight excluding hydrogens is 236 g/mol. The zero-order valence-corrected chi connectivity index (χ0v) is 10.7. The maximum atomic E-state index is 12.4. The van der Waals surface area contributed by atoms with Crippen molar-refractivity contribution in [3.8, 4) is 0 Å². The highest BCUT2D eigenvalue weighted by Crippen LogP contribution is 2.16. The van der Waals surface area contributed by atoms with Gasteiger partial charge in [-0.15, -0.1) is 0 Å². The van der Waals surface area contributed by atoms with Gasteiger partial charge in [0.2, 0.25) is 5.91 Å². The highest BCUT2D eigenvalue weighted by molar-refractivity contribution is 5.92. The number of hydrogen-bond acceptors (Lipinski definition) is 2. The number of carbonyl (C=O) groups is 1. The van der Waals surface area contributed by atoms with Crippen LogP contribution in [-0.2, 0) is 6.42 Å². The fraction of sp³-hybridized carbons (Fsp3) is 0.125. The van der Waals surface area contributed by atoms with Gasteiger partial charge in [-0.1, -0.05) is 42.5 Å². The molecule has 0 fully saturated rings. The molecule has 0 bridgehead atoms. The molecule has 2 aromatic carbocycles. The predicted octanol–water partition coefficient (Wildman–Crippen LogP) is 3.23. The molecule has 3 heteroatoms. The lowest BCUT2D eigenvalue weighted by molar-refractivity contribution is 0.0916. The first-order valence-electron chi connectivity index (χ1n) is 6.27. The molecular formula is C16H14N2O. The lowest BCUT2D eigenvalue weighted by Gasteiger charge is -2.05. The van der Waals surface area contributed by atoms with E-state index in [0.29, 0.717) is 6.42 Å². The van der Waals surface area contributed by atoms with Gasteiger partial charge in [-0.2, -0.15) is 0 Å². The predicted molar refractivity (Wildman–Crippen MR) is 75.2 cm³/mol. The maximum absolute atomic E-state index is 12.4. The van der Waals surface area contributed by atoms with E-state index in [1.54, 1.807) is 4.57 Å². The first kappa shape index (κ1) is 11.7. The Hall–Kier alpha value is -2.42. The number of rotatable bonds is 2. The summed E-state index contributed by atoms with van der Waals surface area (Å²) >= 11 is 0. The Morgan fingerprint density at radius 2 is 1.74 bits per heavy atom. The number of fused-ring (bicyclic) bond motifs is 1. The molecule has 0 saturated heterocycles. The second kappa shape index (κ2) is 4.69. The van der Waals surface area contributed by atoms with Gasteiger partial charge in [0.15, 0.2) is 0 Å². The molecule has 0 aliphatic heterocycles. The summed E-state index contributed by atoms with van der Waals surface area (Å²) < 4.78 is 1.70. The summed E-state index contributed by atoms with van der Waals surface area (Å²) in [6, 6.07) is 17.5. The van der Waals surface area contributed by atoms with Crippen molar-refractivity contribution < 1.29 is 4.79 Å². The first-order chi connectivity index (χ1) is 9.25. The molecule has 0 saturated carbocycles. The van der Waals surface area contributed by atoms with E-state index in [4.69, 9.17) is 0 Å². The van der Waals surface area contributed by atoms with E-state index in [0.717, 1.165) is 22.4 Å². The van der Waals surface area contributed by atoms with Crippen molar-refractivity contribution in [3.63, 3.8) is 0 Å². The Bertz CT molecular complexity index is 729. The van der Waals surface area contributed by atoms with Gasteiger partial charge >= 0.3 is 0 Å². The van der Waals surface area contributed by atoms with E-state index in [9.17, 15) is 4.79 Å². The average molecular weight is 250 g/mol. The Balaban J connectivity index is 2.00. The molecule has 0 spiro atoms. The molecule has 0 radical (unpaired) electrons. The molecule has 0 atom stereocenters. The minimum Gasteiger partial charge on any atom is -0.274 e. The van der Waals surface area contributed by atoms with Crippen LogP contribution in [0.3, 0.4) is 0 Å². The van der Waals surface area contributed by atoms with Gasteiger partial charge in [0.25, 0.3) is 0 Å². The van der Waals surface area contributed by atoms with E-state index in [1.165, 1.54) is 0 Å². The Morgan fingerprint density at radius 3 is 2.53 bits per heavy atom. The molecule has 0 N–H and O–H groups in total. The van der Waals surface area contributed by atoms with Crippen molar-refractivity contribution in [3.05, 3.63) is 66.0 Å². The Kier molecular flexibility index (Phi) is 2.88. The molecule has 3 aromatic rings. The first-order valence-corrected chi connectivity index (χ1v) is 6.27. The van der Waals surface area contributed by atoms with E-state index in [2.05, 4.69) is 4.98 Å². The van der Waals surface area contributed by atoms with Crippen molar-refractivity contribution in [2.45, 2.75) is 13.3 Å². The van der Waals surface area contributed by atoms with Crippen molar-refractivity contribution in [2.75, 3.05) is 0 Å². The Morgan fingerprint density at radius 1 is 1.05 bits per heavy atom. The minimum absolute atomic E-state index is 0.0531. The highest BCUT2D eigenvalue weighted by atomic mass is 16.2. The van der Waals surface area contributed by atoms with Crippen LogP contribution in [0.2, 0.25) is 0 Å². The van der Waals surface area contributed by atoms with Crippen LogP contribution in [0.4, 0.5) is 0 Å². The van der Waals surface area contributed by atoms with Crippen LogP contribution in [-0.4, -0.2) is 15.5 Å². The molecule has 3 nitrogen and oxygen atoms in total. The quantitative estimate of drug-likeness (QED) is 0.700. The summed E-state index contributed by atoms with van der Waals surface area (Å²) in [7, 11) is 0. The van der Waals surface area contributed by atoms with Crippen molar-refractivity contribution in [1.29, 1.82) is 0 Å². The van der Waals surface area contributed by atoms with Crippen molar-refractivity contribution >= 4 is 16.9 Å². The number of imidazole rings is 1. The molecule has 0 aliphatic rings. The topological polar surface area (TPSA) is 34.9 Å². The molecule has 0 aliphatic carbocycles. The van der Waals surface area contributed by atoms with Crippen LogP contribution in [0, 0.1) is 6.92 Å². The monoisotopic (exact) mass is 250 g/mol. The fourth-order valence-electron chi connectivity index (χ4n) is 2.31. The SMILES string of the molecule is Cc1nc2ccccc2n1C(=O)Cc1ccccc1. The zero-order chi connectivity index (χ0) is 13.2. The largest absolute Gasteiger partial charge is 0.274 e.